The van der Waals surface area contributed by atoms with Gasteiger partial charge in [-0.25, -0.2) is 4.79 Å². The smallest absolute Gasteiger partial charge is 0.328 e. The maximum atomic E-state index is 12.4. The van der Waals surface area contributed by atoms with Crippen molar-refractivity contribution >= 4 is 11.9 Å². The van der Waals surface area contributed by atoms with Crippen LogP contribution in [0.15, 0.2) is 12.7 Å². The lowest BCUT2D eigenvalue weighted by atomic mass is 9.91. The van der Waals surface area contributed by atoms with Crippen LogP contribution in [0.5, 0.6) is 0 Å². The van der Waals surface area contributed by atoms with Gasteiger partial charge in [0, 0.05) is 13.0 Å². The third kappa shape index (κ3) is 5.52. The SMILES string of the molecule is C=CCCC(C)CC(C)CC(=O)N1CCCC1C(=O)OC. The first-order chi connectivity index (χ1) is 9.99. The van der Waals surface area contributed by atoms with Gasteiger partial charge in [-0.15, -0.1) is 6.58 Å². The molecule has 3 atom stereocenters. The molecule has 1 saturated heterocycles. The zero-order valence-corrected chi connectivity index (χ0v) is 13.6. The van der Waals surface area contributed by atoms with E-state index < -0.39 is 0 Å². The van der Waals surface area contributed by atoms with Crippen LogP contribution in [0.2, 0.25) is 0 Å². The van der Waals surface area contributed by atoms with E-state index >= 15 is 0 Å². The van der Waals surface area contributed by atoms with Gasteiger partial charge in [-0.2, -0.15) is 0 Å². The molecule has 120 valence electrons. The summed E-state index contributed by atoms with van der Waals surface area (Å²) in [5.41, 5.74) is 0. The zero-order chi connectivity index (χ0) is 15.8. The molecular weight excluding hydrogens is 266 g/mol. The van der Waals surface area contributed by atoms with Crippen LogP contribution in [0.3, 0.4) is 0 Å². The van der Waals surface area contributed by atoms with Gasteiger partial charge in [0.1, 0.15) is 6.04 Å². The first-order valence-electron chi connectivity index (χ1n) is 7.97. The van der Waals surface area contributed by atoms with Crippen molar-refractivity contribution in [3.8, 4) is 0 Å². The summed E-state index contributed by atoms with van der Waals surface area (Å²) in [6, 6.07) is -0.368. The second-order valence-electron chi connectivity index (χ2n) is 6.28. The lowest BCUT2D eigenvalue weighted by molar-refractivity contribution is -0.151. The molecule has 0 radical (unpaired) electrons. The number of likely N-dealkylation sites (tertiary alicyclic amines) is 1. The minimum absolute atomic E-state index is 0.0892. The highest BCUT2D eigenvalue weighted by Gasteiger charge is 2.34. The standard InChI is InChI=1S/C17H29NO3/c1-5-6-8-13(2)11-14(3)12-16(19)18-10-7-9-15(18)17(20)21-4/h5,13-15H,1,6-12H2,2-4H3. The van der Waals surface area contributed by atoms with Crippen LogP contribution in [0.4, 0.5) is 0 Å². The van der Waals surface area contributed by atoms with Crippen molar-refractivity contribution in [2.75, 3.05) is 13.7 Å². The number of nitrogens with zero attached hydrogens (tertiary/aromatic N) is 1. The van der Waals surface area contributed by atoms with Gasteiger partial charge in [-0.1, -0.05) is 19.9 Å². The summed E-state index contributed by atoms with van der Waals surface area (Å²) in [7, 11) is 1.38. The highest BCUT2D eigenvalue weighted by molar-refractivity contribution is 5.85. The molecule has 0 aliphatic carbocycles. The summed E-state index contributed by atoms with van der Waals surface area (Å²) in [5, 5.41) is 0. The molecule has 1 heterocycles. The molecular formula is C17H29NO3. The molecule has 0 aromatic carbocycles. The monoisotopic (exact) mass is 295 g/mol. The Morgan fingerprint density at radius 1 is 1.38 bits per heavy atom. The Balaban J connectivity index is 2.44. The fraction of sp³-hybridized carbons (Fsp3) is 0.765. The van der Waals surface area contributed by atoms with E-state index in [2.05, 4.69) is 20.4 Å². The van der Waals surface area contributed by atoms with Crippen LogP contribution < -0.4 is 0 Å². The summed E-state index contributed by atoms with van der Waals surface area (Å²) in [4.78, 5) is 25.8. The lowest BCUT2D eigenvalue weighted by Crippen LogP contribution is -2.41. The Morgan fingerprint density at radius 2 is 2.10 bits per heavy atom. The summed E-state index contributed by atoms with van der Waals surface area (Å²) in [5.74, 6) is 0.746. The van der Waals surface area contributed by atoms with Gasteiger partial charge in [-0.05, 0) is 43.9 Å². The van der Waals surface area contributed by atoms with Gasteiger partial charge >= 0.3 is 5.97 Å². The summed E-state index contributed by atoms with van der Waals surface area (Å²) in [6.45, 7) is 8.76. The molecule has 0 aromatic heterocycles. The van der Waals surface area contributed by atoms with Crippen molar-refractivity contribution in [2.24, 2.45) is 11.8 Å². The van der Waals surface area contributed by atoms with Crippen LogP contribution in [-0.2, 0) is 14.3 Å². The van der Waals surface area contributed by atoms with E-state index in [9.17, 15) is 9.59 Å². The van der Waals surface area contributed by atoms with Crippen molar-refractivity contribution < 1.29 is 14.3 Å². The van der Waals surface area contributed by atoms with Gasteiger partial charge in [0.25, 0.3) is 0 Å². The average molecular weight is 295 g/mol. The summed E-state index contributed by atoms with van der Waals surface area (Å²) >= 11 is 0. The number of hydrogen-bond donors (Lipinski definition) is 0. The number of rotatable bonds is 8. The molecule has 0 N–H and O–H groups in total. The molecule has 4 nitrogen and oxygen atoms in total. The van der Waals surface area contributed by atoms with Gasteiger partial charge in [0.15, 0.2) is 0 Å². The Hall–Kier alpha value is -1.32. The maximum Gasteiger partial charge on any atom is 0.328 e. The molecule has 0 aromatic rings. The first kappa shape index (κ1) is 17.7. The molecule has 1 aliphatic rings. The van der Waals surface area contributed by atoms with Gasteiger partial charge in [0.2, 0.25) is 5.91 Å². The summed E-state index contributed by atoms with van der Waals surface area (Å²) < 4.78 is 4.79. The second-order valence-corrected chi connectivity index (χ2v) is 6.28. The van der Waals surface area contributed by atoms with E-state index in [0.29, 0.717) is 24.8 Å². The number of carbonyl (C=O) groups excluding carboxylic acids is 2. The predicted molar refractivity (Wildman–Crippen MR) is 83.7 cm³/mol. The van der Waals surface area contributed by atoms with E-state index in [1.807, 2.05) is 6.08 Å². The number of carbonyl (C=O) groups is 2. The van der Waals surface area contributed by atoms with E-state index in [1.165, 1.54) is 7.11 Å². The minimum Gasteiger partial charge on any atom is -0.467 e. The van der Waals surface area contributed by atoms with Crippen LogP contribution in [0.25, 0.3) is 0 Å². The molecule has 4 heteroatoms. The van der Waals surface area contributed by atoms with Crippen molar-refractivity contribution in [3.63, 3.8) is 0 Å². The maximum absolute atomic E-state index is 12.4. The molecule has 0 spiro atoms. The Morgan fingerprint density at radius 3 is 2.71 bits per heavy atom. The van der Waals surface area contributed by atoms with Crippen LogP contribution in [0, 0.1) is 11.8 Å². The normalized spacial score (nSPS) is 20.9. The molecule has 1 fully saturated rings. The average Bonchev–Trinajstić information content (AvgIpc) is 2.93. The number of esters is 1. The highest BCUT2D eigenvalue weighted by atomic mass is 16.5. The second kappa shape index (κ2) is 8.85. The van der Waals surface area contributed by atoms with Gasteiger partial charge in [0.05, 0.1) is 7.11 Å². The molecule has 1 rings (SSSR count). The molecule has 3 unspecified atom stereocenters. The fourth-order valence-corrected chi connectivity index (χ4v) is 3.15. The van der Waals surface area contributed by atoms with Crippen LogP contribution in [0.1, 0.15) is 52.4 Å². The van der Waals surface area contributed by atoms with Gasteiger partial charge < -0.3 is 9.64 Å². The number of ether oxygens (including phenoxy) is 1. The van der Waals surface area contributed by atoms with Crippen molar-refractivity contribution in [1.82, 2.24) is 4.90 Å². The Labute approximate surface area is 128 Å². The number of allylic oxidation sites excluding steroid dienone is 1. The minimum atomic E-state index is -0.368. The number of amides is 1. The van der Waals surface area contributed by atoms with Gasteiger partial charge in [-0.3, -0.25) is 4.79 Å². The number of hydrogen-bond acceptors (Lipinski definition) is 3. The molecule has 0 saturated carbocycles. The number of methoxy groups -OCH3 is 1. The van der Waals surface area contributed by atoms with Crippen LogP contribution >= 0.6 is 0 Å². The van der Waals surface area contributed by atoms with Crippen LogP contribution in [-0.4, -0.2) is 36.5 Å². The quantitative estimate of drug-likeness (QED) is 0.510. The Bertz CT molecular complexity index is 367. The summed E-state index contributed by atoms with van der Waals surface area (Å²) in [6.07, 6.45) is 7.26. The third-order valence-corrected chi connectivity index (χ3v) is 4.24. The molecule has 1 aliphatic heterocycles. The van der Waals surface area contributed by atoms with E-state index in [-0.39, 0.29) is 17.9 Å². The lowest BCUT2D eigenvalue weighted by Gasteiger charge is -2.25. The predicted octanol–water partition coefficient (Wildman–Crippen LogP) is 3.17. The topological polar surface area (TPSA) is 46.6 Å². The van der Waals surface area contributed by atoms with Crippen molar-refractivity contribution in [2.45, 2.75) is 58.4 Å². The highest BCUT2D eigenvalue weighted by Crippen LogP contribution is 2.24. The zero-order valence-electron chi connectivity index (χ0n) is 13.6. The molecule has 21 heavy (non-hydrogen) atoms. The Kier molecular flexibility index (Phi) is 7.48. The van der Waals surface area contributed by atoms with E-state index in [1.54, 1.807) is 4.90 Å². The molecule has 1 amide bonds. The third-order valence-electron chi connectivity index (χ3n) is 4.24. The first-order valence-corrected chi connectivity index (χ1v) is 7.97. The van der Waals surface area contributed by atoms with E-state index in [0.717, 1.165) is 32.1 Å². The van der Waals surface area contributed by atoms with Crippen molar-refractivity contribution in [3.05, 3.63) is 12.7 Å². The molecule has 0 bridgehead atoms. The fourth-order valence-electron chi connectivity index (χ4n) is 3.15. The van der Waals surface area contributed by atoms with E-state index in [4.69, 9.17) is 4.74 Å². The van der Waals surface area contributed by atoms with Crippen molar-refractivity contribution in [1.29, 1.82) is 0 Å². The largest absolute Gasteiger partial charge is 0.467 e.